The molecule has 0 aliphatic carbocycles. The Morgan fingerprint density at radius 2 is 1.92 bits per heavy atom. The minimum absolute atomic E-state index is 0.249. The lowest BCUT2D eigenvalue weighted by Crippen LogP contribution is -1.93. The SMILES string of the molecule is Oc1ccc(-n2ccnn2)cc1. The van der Waals surface area contributed by atoms with Gasteiger partial charge in [0.05, 0.1) is 18.1 Å². The number of hydrogen-bond acceptors (Lipinski definition) is 3. The molecule has 0 aliphatic heterocycles. The molecule has 0 spiro atoms. The van der Waals surface area contributed by atoms with Gasteiger partial charge in [-0.3, -0.25) is 0 Å². The first kappa shape index (κ1) is 6.84. The maximum absolute atomic E-state index is 9.01. The van der Waals surface area contributed by atoms with Crippen LogP contribution in [0.2, 0.25) is 0 Å². The minimum atomic E-state index is 0.249. The number of phenolic OH excluding ortho intramolecular Hbond substituents is 1. The van der Waals surface area contributed by atoms with E-state index in [9.17, 15) is 0 Å². The molecule has 1 N–H and O–H groups in total. The number of phenols is 1. The van der Waals surface area contributed by atoms with Crippen molar-refractivity contribution in [3.63, 3.8) is 0 Å². The third-order valence-electron chi connectivity index (χ3n) is 1.54. The lowest BCUT2D eigenvalue weighted by Gasteiger charge is -1.98. The summed E-state index contributed by atoms with van der Waals surface area (Å²) in [5.41, 5.74) is 0.880. The Kier molecular flexibility index (Phi) is 1.51. The van der Waals surface area contributed by atoms with Gasteiger partial charge in [-0.2, -0.15) is 0 Å². The number of nitrogens with zero attached hydrogens (tertiary/aromatic N) is 3. The second kappa shape index (κ2) is 2.65. The third-order valence-corrected chi connectivity index (χ3v) is 1.54. The number of benzene rings is 1. The summed E-state index contributed by atoms with van der Waals surface area (Å²) < 4.78 is 1.62. The van der Waals surface area contributed by atoms with Crippen molar-refractivity contribution < 1.29 is 5.11 Å². The normalized spacial score (nSPS) is 10.0. The van der Waals surface area contributed by atoms with Crippen LogP contribution in [0.5, 0.6) is 5.75 Å². The van der Waals surface area contributed by atoms with Gasteiger partial charge in [-0.05, 0) is 24.3 Å². The van der Waals surface area contributed by atoms with E-state index in [1.165, 1.54) is 0 Å². The first-order valence-electron chi connectivity index (χ1n) is 3.52. The molecule has 4 heteroatoms. The summed E-state index contributed by atoms with van der Waals surface area (Å²) in [5.74, 6) is 0.249. The first-order chi connectivity index (χ1) is 5.86. The first-order valence-corrected chi connectivity index (χ1v) is 3.52. The molecular formula is C8H7N3O. The lowest BCUT2D eigenvalue weighted by atomic mass is 10.3. The van der Waals surface area contributed by atoms with Gasteiger partial charge in [0.25, 0.3) is 0 Å². The zero-order valence-corrected chi connectivity index (χ0v) is 6.25. The molecule has 2 rings (SSSR count). The zero-order valence-electron chi connectivity index (χ0n) is 6.25. The van der Waals surface area contributed by atoms with E-state index in [0.29, 0.717) is 0 Å². The highest BCUT2D eigenvalue weighted by Gasteiger charge is 1.94. The van der Waals surface area contributed by atoms with Gasteiger partial charge < -0.3 is 5.11 Å². The maximum Gasteiger partial charge on any atom is 0.115 e. The van der Waals surface area contributed by atoms with E-state index in [4.69, 9.17) is 5.11 Å². The van der Waals surface area contributed by atoms with Gasteiger partial charge in [-0.15, -0.1) is 5.10 Å². The van der Waals surface area contributed by atoms with Crippen LogP contribution in [-0.2, 0) is 0 Å². The molecule has 0 saturated carbocycles. The fourth-order valence-electron chi connectivity index (χ4n) is 0.951. The van der Waals surface area contributed by atoms with E-state index < -0.39 is 0 Å². The van der Waals surface area contributed by atoms with Crippen LogP contribution in [0, 0.1) is 0 Å². The van der Waals surface area contributed by atoms with Crippen LogP contribution in [0.1, 0.15) is 0 Å². The third kappa shape index (κ3) is 1.14. The number of rotatable bonds is 1. The molecule has 0 saturated heterocycles. The summed E-state index contributed by atoms with van der Waals surface area (Å²) in [6.07, 6.45) is 3.35. The fourth-order valence-corrected chi connectivity index (χ4v) is 0.951. The quantitative estimate of drug-likeness (QED) is 0.678. The molecule has 12 heavy (non-hydrogen) atoms. The number of hydrogen-bond donors (Lipinski definition) is 1. The molecular weight excluding hydrogens is 154 g/mol. The zero-order chi connectivity index (χ0) is 8.39. The topological polar surface area (TPSA) is 50.9 Å². The summed E-state index contributed by atoms with van der Waals surface area (Å²) in [7, 11) is 0. The van der Waals surface area contributed by atoms with Gasteiger partial charge in [-0.25, -0.2) is 4.68 Å². The molecule has 0 unspecified atom stereocenters. The summed E-state index contributed by atoms with van der Waals surface area (Å²) in [5, 5.41) is 16.5. The Labute approximate surface area is 69.1 Å². The molecule has 1 heterocycles. The molecule has 0 bridgehead atoms. The number of aromatic hydroxyl groups is 1. The summed E-state index contributed by atoms with van der Waals surface area (Å²) >= 11 is 0. The van der Waals surface area contributed by atoms with Crippen LogP contribution in [0.4, 0.5) is 0 Å². The van der Waals surface area contributed by atoms with Gasteiger partial charge >= 0.3 is 0 Å². The Morgan fingerprint density at radius 3 is 2.50 bits per heavy atom. The predicted octanol–water partition coefficient (Wildman–Crippen LogP) is 0.973. The maximum atomic E-state index is 9.01. The molecule has 2 aromatic rings. The second-order valence-corrected chi connectivity index (χ2v) is 2.36. The second-order valence-electron chi connectivity index (χ2n) is 2.36. The van der Waals surface area contributed by atoms with Crippen molar-refractivity contribution in [1.29, 1.82) is 0 Å². The molecule has 0 radical (unpaired) electrons. The van der Waals surface area contributed by atoms with Gasteiger partial charge in [0.1, 0.15) is 5.75 Å². The molecule has 0 aliphatic rings. The van der Waals surface area contributed by atoms with Gasteiger partial charge in [0.2, 0.25) is 0 Å². The molecule has 4 nitrogen and oxygen atoms in total. The minimum Gasteiger partial charge on any atom is -0.508 e. The van der Waals surface area contributed by atoms with E-state index in [1.807, 2.05) is 0 Å². The van der Waals surface area contributed by atoms with Gasteiger partial charge in [-0.1, -0.05) is 5.21 Å². The number of aromatic nitrogens is 3. The highest BCUT2D eigenvalue weighted by molar-refractivity contribution is 5.35. The molecule has 60 valence electrons. The molecule has 1 aromatic carbocycles. The smallest absolute Gasteiger partial charge is 0.115 e. The molecule has 1 aromatic heterocycles. The van der Waals surface area contributed by atoms with Crippen molar-refractivity contribution in [3.05, 3.63) is 36.7 Å². The van der Waals surface area contributed by atoms with Crippen molar-refractivity contribution in [1.82, 2.24) is 15.0 Å². The van der Waals surface area contributed by atoms with Crippen molar-refractivity contribution in [2.45, 2.75) is 0 Å². The Bertz CT molecular complexity index is 352. The monoisotopic (exact) mass is 161 g/mol. The Morgan fingerprint density at radius 1 is 1.17 bits per heavy atom. The summed E-state index contributed by atoms with van der Waals surface area (Å²) in [6, 6.07) is 6.75. The van der Waals surface area contributed by atoms with Crippen molar-refractivity contribution >= 4 is 0 Å². The van der Waals surface area contributed by atoms with Crippen LogP contribution in [0.25, 0.3) is 5.69 Å². The van der Waals surface area contributed by atoms with E-state index in [0.717, 1.165) is 5.69 Å². The van der Waals surface area contributed by atoms with Crippen molar-refractivity contribution in [2.24, 2.45) is 0 Å². The molecule has 0 amide bonds. The highest BCUT2D eigenvalue weighted by atomic mass is 16.3. The van der Waals surface area contributed by atoms with Crippen LogP contribution in [0.3, 0.4) is 0 Å². The van der Waals surface area contributed by atoms with Gasteiger partial charge in [0, 0.05) is 0 Å². The average molecular weight is 161 g/mol. The van der Waals surface area contributed by atoms with E-state index >= 15 is 0 Å². The molecule has 0 fully saturated rings. The average Bonchev–Trinajstić information content (AvgIpc) is 2.58. The van der Waals surface area contributed by atoms with E-state index in [-0.39, 0.29) is 5.75 Å². The standard InChI is InChI=1S/C8H7N3O/c12-8-3-1-7(2-4-8)11-6-5-9-10-11/h1-6,12H. The Hall–Kier alpha value is -1.84. The lowest BCUT2D eigenvalue weighted by molar-refractivity contribution is 0.475. The van der Waals surface area contributed by atoms with Crippen LogP contribution in [0.15, 0.2) is 36.7 Å². The van der Waals surface area contributed by atoms with E-state index in [1.54, 1.807) is 41.3 Å². The van der Waals surface area contributed by atoms with Gasteiger partial charge in [0.15, 0.2) is 0 Å². The summed E-state index contributed by atoms with van der Waals surface area (Å²) in [4.78, 5) is 0. The van der Waals surface area contributed by atoms with Crippen LogP contribution in [-0.4, -0.2) is 20.1 Å². The van der Waals surface area contributed by atoms with E-state index in [2.05, 4.69) is 10.3 Å². The fraction of sp³-hybridized carbons (Fsp3) is 0. The summed E-state index contributed by atoms with van der Waals surface area (Å²) in [6.45, 7) is 0. The van der Waals surface area contributed by atoms with Crippen LogP contribution < -0.4 is 0 Å². The Balaban J connectivity index is 2.43. The highest BCUT2D eigenvalue weighted by Crippen LogP contribution is 2.11. The molecule has 0 atom stereocenters. The van der Waals surface area contributed by atoms with Crippen LogP contribution >= 0.6 is 0 Å². The largest absolute Gasteiger partial charge is 0.508 e. The predicted molar refractivity (Wildman–Crippen MR) is 43.0 cm³/mol. The van der Waals surface area contributed by atoms with Crippen molar-refractivity contribution in [2.75, 3.05) is 0 Å². The van der Waals surface area contributed by atoms with Crippen molar-refractivity contribution in [3.8, 4) is 11.4 Å².